The van der Waals surface area contributed by atoms with Crippen molar-refractivity contribution in [2.45, 2.75) is 65.0 Å². The van der Waals surface area contributed by atoms with Crippen molar-refractivity contribution < 1.29 is 8.42 Å². The standard InChI is InChI=1S/C17H35N3O2S.HI/c1-7-18-15(19-12-16(4,5)23(6,21)22)20-13-17(9-8-10-17)11-14(2)3;/h14H,7-13H2,1-6H3,(H2,18,19,20);1H. The van der Waals surface area contributed by atoms with E-state index >= 15 is 0 Å². The van der Waals surface area contributed by atoms with E-state index in [9.17, 15) is 8.42 Å². The zero-order valence-electron chi connectivity index (χ0n) is 16.1. The largest absolute Gasteiger partial charge is 0.357 e. The normalized spacial score (nSPS) is 17.9. The van der Waals surface area contributed by atoms with Gasteiger partial charge < -0.3 is 10.6 Å². The minimum atomic E-state index is -3.13. The van der Waals surface area contributed by atoms with Crippen molar-refractivity contribution in [3.63, 3.8) is 0 Å². The Morgan fingerprint density at radius 2 is 1.83 bits per heavy atom. The molecule has 0 aromatic heterocycles. The Hall–Kier alpha value is -0.0500. The second-order valence-electron chi connectivity index (χ2n) is 8.03. The van der Waals surface area contributed by atoms with Gasteiger partial charge in [0.25, 0.3) is 0 Å². The molecule has 0 aliphatic heterocycles. The van der Waals surface area contributed by atoms with Gasteiger partial charge in [-0.2, -0.15) is 0 Å². The number of hydrogen-bond donors (Lipinski definition) is 2. The van der Waals surface area contributed by atoms with Gasteiger partial charge in [0.05, 0.1) is 11.3 Å². The van der Waals surface area contributed by atoms with Gasteiger partial charge in [0.2, 0.25) is 0 Å². The monoisotopic (exact) mass is 473 g/mol. The highest BCUT2D eigenvalue weighted by molar-refractivity contribution is 14.0. The van der Waals surface area contributed by atoms with Crippen LogP contribution in [0.4, 0.5) is 0 Å². The van der Waals surface area contributed by atoms with Gasteiger partial charge in [0.1, 0.15) is 0 Å². The second kappa shape index (κ2) is 9.59. The number of rotatable bonds is 8. The molecule has 24 heavy (non-hydrogen) atoms. The molecule has 0 spiro atoms. The van der Waals surface area contributed by atoms with E-state index in [-0.39, 0.29) is 30.5 Å². The van der Waals surface area contributed by atoms with Crippen LogP contribution >= 0.6 is 24.0 Å². The summed E-state index contributed by atoms with van der Waals surface area (Å²) in [6, 6.07) is 0. The summed E-state index contributed by atoms with van der Waals surface area (Å²) in [6.07, 6.45) is 6.35. The minimum absolute atomic E-state index is 0. The number of hydrogen-bond acceptors (Lipinski definition) is 3. The van der Waals surface area contributed by atoms with Crippen molar-refractivity contribution >= 4 is 39.8 Å². The van der Waals surface area contributed by atoms with Crippen LogP contribution in [0.2, 0.25) is 0 Å². The SMILES string of the molecule is CCNC(=NCC(C)(C)S(C)(=O)=O)NCC1(CC(C)C)CCC1.I. The second-order valence-corrected chi connectivity index (χ2v) is 10.7. The van der Waals surface area contributed by atoms with Crippen molar-refractivity contribution in [1.82, 2.24) is 10.6 Å². The van der Waals surface area contributed by atoms with Crippen LogP contribution in [0.15, 0.2) is 4.99 Å². The van der Waals surface area contributed by atoms with Crippen molar-refractivity contribution in [2.24, 2.45) is 16.3 Å². The molecule has 0 unspecified atom stereocenters. The summed E-state index contributed by atoms with van der Waals surface area (Å²) in [7, 11) is -3.13. The summed E-state index contributed by atoms with van der Waals surface area (Å²) in [5.41, 5.74) is 0.386. The highest BCUT2D eigenvalue weighted by Gasteiger charge is 2.37. The fourth-order valence-electron chi connectivity index (χ4n) is 3.00. The first-order chi connectivity index (χ1) is 10.5. The lowest BCUT2D eigenvalue weighted by atomic mass is 9.64. The number of aliphatic imine (C=N–C) groups is 1. The average molecular weight is 473 g/mol. The van der Waals surface area contributed by atoms with E-state index in [0.29, 0.717) is 11.3 Å². The molecule has 0 bridgehead atoms. The van der Waals surface area contributed by atoms with Gasteiger partial charge in [-0.25, -0.2) is 8.42 Å². The number of halogens is 1. The molecular weight excluding hydrogens is 437 g/mol. The predicted molar refractivity (Wildman–Crippen MR) is 114 cm³/mol. The molecule has 0 aromatic carbocycles. The molecule has 0 aromatic rings. The maximum Gasteiger partial charge on any atom is 0.191 e. The summed E-state index contributed by atoms with van der Waals surface area (Å²) in [5, 5.41) is 6.66. The highest BCUT2D eigenvalue weighted by atomic mass is 127. The van der Waals surface area contributed by atoms with Gasteiger partial charge >= 0.3 is 0 Å². The summed E-state index contributed by atoms with van der Waals surface area (Å²) in [5.74, 6) is 1.42. The molecule has 0 heterocycles. The third-order valence-electron chi connectivity index (χ3n) is 4.85. The molecule has 144 valence electrons. The first-order valence-corrected chi connectivity index (χ1v) is 10.6. The Morgan fingerprint density at radius 3 is 2.21 bits per heavy atom. The van der Waals surface area contributed by atoms with Crippen molar-refractivity contribution in [1.29, 1.82) is 0 Å². The Balaban J connectivity index is 0.00000529. The van der Waals surface area contributed by atoms with Crippen molar-refractivity contribution in [3.05, 3.63) is 0 Å². The first-order valence-electron chi connectivity index (χ1n) is 8.73. The lowest BCUT2D eigenvalue weighted by Gasteiger charge is -2.43. The van der Waals surface area contributed by atoms with E-state index in [1.807, 2.05) is 6.92 Å². The summed E-state index contributed by atoms with van der Waals surface area (Å²) < 4.78 is 22.8. The molecule has 0 amide bonds. The van der Waals surface area contributed by atoms with Crippen molar-refractivity contribution in [3.8, 4) is 0 Å². The van der Waals surface area contributed by atoms with E-state index in [0.717, 1.165) is 19.0 Å². The zero-order chi connectivity index (χ0) is 17.7. The molecule has 0 atom stereocenters. The molecule has 5 nitrogen and oxygen atoms in total. The molecule has 0 saturated heterocycles. The van der Waals surface area contributed by atoms with Crippen LogP contribution in [0.3, 0.4) is 0 Å². The zero-order valence-corrected chi connectivity index (χ0v) is 19.3. The Morgan fingerprint density at radius 1 is 1.25 bits per heavy atom. The molecule has 1 fully saturated rings. The molecular formula is C17H36IN3O2S. The van der Waals surface area contributed by atoms with Crippen LogP contribution in [0.25, 0.3) is 0 Å². The predicted octanol–water partition coefficient (Wildman–Crippen LogP) is 3.20. The van der Waals surface area contributed by atoms with Gasteiger partial charge in [0, 0.05) is 19.3 Å². The van der Waals surface area contributed by atoms with Crippen LogP contribution in [0.1, 0.15) is 60.3 Å². The van der Waals surface area contributed by atoms with Crippen LogP contribution < -0.4 is 10.6 Å². The smallest absolute Gasteiger partial charge is 0.191 e. The van der Waals surface area contributed by atoms with Gasteiger partial charge in [-0.05, 0) is 51.4 Å². The molecule has 7 heteroatoms. The Labute approximate surface area is 165 Å². The number of nitrogens with one attached hydrogen (secondary N) is 2. The third kappa shape index (κ3) is 7.06. The lowest BCUT2D eigenvalue weighted by Crippen LogP contribution is -2.47. The van der Waals surface area contributed by atoms with E-state index < -0.39 is 14.6 Å². The quantitative estimate of drug-likeness (QED) is 0.323. The van der Waals surface area contributed by atoms with Crippen LogP contribution in [0, 0.1) is 11.3 Å². The maximum atomic E-state index is 11.8. The summed E-state index contributed by atoms with van der Waals surface area (Å²) >= 11 is 0. The van der Waals surface area contributed by atoms with E-state index in [1.165, 1.54) is 31.9 Å². The topological polar surface area (TPSA) is 70.6 Å². The van der Waals surface area contributed by atoms with Gasteiger partial charge in [-0.3, -0.25) is 4.99 Å². The molecule has 0 radical (unpaired) electrons. The number of nitrogens with zero attached hydrogens (tertiary/aromatic N) is 1. The summed E-state index contributed by atoms with van der Waals surface area (Å²) in [6.45, 7) is 12.0. The molecule has 2 N–H and O–H groups in total. The van der Waals surface area contributed by atoms with E-state index in [2.05, 4.69) is 29.5 Å². The fourth-order valence-corrected chi connectivity index (χ4v) is 3.29. The van der Waals surface area contributed by atoms with Crippen LogP contribution in [-0.4, -0.2) is 45.0 Å². The van der Waals surface area contributed by atoms with Crippen molar-refractivity contribution in [2.75, 3.05) is 25.9 Å². The van der Waals surface area contributed by atoms with E-state index in [1.54, 1.807) is 13.8 Å². The molecule has 1 rings (SSSR count). The van der Waals surface area contributed by atoms with Crippen LogP contribution in [-0.2, 0) is 9.84 Å². The maximum absolute atomic E-state index is 11.8. The number of sulfone groups is 1. The van der Waals surface area contributed by atoms with Gasteiger partial charge in [-0.1, -0.05) is 20.3 Å². The van der Waals surface area contributed by atoms with Crippen LogP contribution in [0.5, 0.6) is 0 Å². The minimum Gasteiger partial charge on any atom is -0.357 e. The first kappa shape index (κ1) is 23.9. The molecule has 1 aliphatic rings. The van der Waals surface area contributed by atoms with Gasteiger partial charge in [0.15, 0.2) is 15.8 Å². The van der Waals surface area contributed by atoms with E-state index in [4.69, 9.17) is 0 Å². The Bertz CT molecular complexity index is 512. The fraction of sp³-hybridized carbons (Fsp3) is 0.941. The average Bonchev–Trinajstić information content (AvgIpc) is 2.36. The number of guanidine groups is 1. The Kier molecular flexibility index (Phi) is 9.57. The molecule has 1 aliphatic carbocycles. The third-order valence-corrected chi connectivity index (χ3v) is 6.99. The molecule has 1 saturated carbocycles. The highest BCUT2D eigenvalue weighted by Crippen LogP contribution is 2.45. The van der Waals surface area contributed by atoms with Gasteiger partial charge in [-0.15, -0.1) is 24.0 Å². The lowest BCUT2D eigenvalue weighted by molar-refractivity contribution is 0.104. The summed E-state index contributed by atoms with van der Waals surface area (Å²) in [4.78, 5) is 4.51.